The van der Waals surface area contributed by atoms with Gasteiger partial charge in [0, 0.05) is 36.3 Å². The van der Waals surface area contributed by atoms with Crippen molar-refractivity contribution in [2.45, 2.75) is 25.9 Å². The van der Waals surface area contributed by atoms with E-state index in [2.05, 4.69) is 11.9 Å². The Labute approximate surface area is 205 Å². The van der Waals surface area contributed by atoms with E-state index >= 15 is 0 Å². The van der Waals surface area contributed by atoms with E-state index < -0.39 is 17.5 Å². The number of carbonyl (C=O) groups excluding carboxylic acids is 3. The predicted octanol–water partition coefficient (Wildman–Crippen LogP) is 2.88. The molecule has 2 aromatic carbocycles. The topological polar surface area (TPSA) is 105 Å². The molecule has 0 saturated heterocycles. The van der Waals surface area contributed by atoms with Gasteiger partial charge in [-0.05, 0) is 25.5 Å². The summed E-state index contributed by atoms with van der Waals surface area (Å²) in [6, 6.07) is 12.4. The van der Waals surface area contributed by atoms with Gasteiger partial charge >= 0.3 is 11.9 Å². The summed E-state index contributed by atoms with van der Waals surface area (Å²) < 4.78 is 10.0. The van der Waals surface area contributed by atoms with E-state index in [0.717, 1.165) is 0 Å². The van der Waals surface area contributed by atoms with Crippen LogP contribution in [-0.2, 0) is 24.7 Å². The number of aliphatic hydroxyl groups is 1. The summed E-state index contributed by atoms with van der Waals surface area (Å²) in [5, 5.41) is 14.9. The maximum Gasteiger partial charge on any atom is 0.320 e. The predicted molar refractivity (Wildman–Crippen MR) is 132 cm³/mol. The van der Waals surface area contributed by atoms with Gasteiger partial charge in [0.15, 0.2) is 5.78 Å². The van der Waals surface area contributed by atoms with Crippen LogP contribution in [0.1, 0.15) is 47.3 Å². The van der Waals surface area contributed by atoms with Gasteiger partial charge in [0.2, 0.25) is 0 Å². The molecule has 2 N–H and O–H groups in total. The van der Waals surface area contributed by atoms with Crippen LogP contribution in [-0.4, -0.2) is 67.1 Å². The molecule has 1 unspecified atom stereocenters. The van der Waals surface area contributed by atoms with Gasteiger partial charge < -0.3 is 19.9 Å². The quantitative estimate of drug-likeness (QED) is 0.353. The summed E-state index contributed by atoms with van der Waals surface area (Å²) in [6.45, 7) is 8.25. The van der Waals surface area contributed by atoms with Crippen LogP contribution in [0.15, 0.2) is 55.1 Å². The van der Waals surface area contributed by atoms with Crippen LogP contribution < -0.4 is 5.32 Å². The standard InChI is InChI=1S/C27H32N2O6/c1-4-14-27(33)20-11-8-7-10-19(20)26(32)25-21(27)12-9-13-22(25)28-15-16-29(17-23(30)34-5-2)18-24(31)35-6-3/h4,7-13,28,33H,1,5-6,14-18H2,2-3H3. The van der Waals surface area contributed by atoms with Gasteiger partial charge in [-0.25, -0.2) is 0 Å². The molecule has 1 aliphatic rings. The van der Waals surface area contributed by atoms with Crippen LogP contribution in [0.5, 0.6) is 0 Å². The van der Waals surface area contributed by atoms with Crippen molar-refractivity contribution in [3.05, 3.63) is 77.4 Å². The van der Waals surface area contributed by atoms with Crippen LogP contribution in [0.25, 0.3) is 0 Å². The third-order valence-electron chi connectivity index (χ3n) is 5.85. The number of carbonyl (C=O) groups is 3. The Morgan fingerprint density at radius 1 is 1.03 bits per heavy atom. The number of rotatable bonds is 12. The van der Waals surface area contributed by atoms with Gasteiger partial charge in [0.05, 0.1) is 31.9 Å². The van der Waals surface area contributed by atoms with Crippen molar-refractivity contribution >= 4 is 23.4 Å². The monoisotopic (exact) mass is 480 g/mol. The van der Waals surface area contributed by atoms with Crippen molar-refractivity contribution in [1.29, 1.82) is 0 Å². The second-order valence-electron chi connectivity index (χ2n) is 8.20. The Balaban J connectivity index is 1.83. The number of hydrogen-bond donors (Lipinski definition) is 2. The Morgan fingerprint density at radius 3 is 2.29 bits per heavy atom. The number of nitrogens with one attached hydrogen (secondary N) is 1. The van der Waals surface area contributed by atoms with Gasteiger partial charge in [-0.2, -0.15) is 0 Å². The van der Waals surface area contributed by atoms with E-state index in [9.17, 15) is 19.5 Å². The van der Waals surface area contributed by atoms with E-state index in [0.29, 0.717) is 41.0 Å². The van der Waals surface area contributed by atoms with Crippen LogP contribution in [0.3, 0.4) is 0 Å². The lowest BCUT2D eigenvalue weighted by molar-refractivity contribution is -0.148. The second kappa shape index (κ2) is 11.8. The van der Waals surface area contributed by atoms with E-state index in [-0.39, 0.29) is 38.5 Å². The molecule has 3 rings (SSSR count). The number of nitrogens with zero attached hydrogens (tertiary/aromatic N) is 1. The molecule has 186 valence electrons. The number of hydrogen-bond acceptors (Lipinski definition) is 8. The highest BCUT2D eigenvalue weighted by Crippen LogP contribution is 2.44. The molecule has 0 amide bonds. The Hall–Kier alpha value is -3.49. The summed E-state index contributed by atoms with van der Waals surface area (Å²) >= 11 is 0. The molecule has 1 atom stereocenters. The maximum absolute atomic E-state index is 13.4. The van der Waals surface area contributed by atoms with Gasteiger partial charge in [-0.15, -0.1) is 6.58 Å². The van der Waals surface area contributed by atoms with Crippen LogP contribution in [0, 0.1) is 0 Å². The average molecular weight is 481 g/mol. The lowest BCUT2D eigenvalue weighted by Gasteiger charge is -2.36. The molecule has 0 fully saturated rings. The van der Waals surface area contributed by atoms with Gasteiger partial charge in [0.25, 0.3) is 0 Å². The first kappa shape index (κ1) is 26.1. The molecule has 0 aliphatic heterocycles. The molecule has 0 radical (unpaired) electrons. The van der Waals surface area contributed by atoms with E-state index in [1.807, 2.05) is 0 Å². The molecule has 1 aliphatic carbocycles. The summed E-state index contributed by atoms with van der Waals surface area (Å²) in [4.78, 5) is 39.1. The van der Waals surface area contributed by atoms with E-state index in [1.54, 1.807) is 67.3 Å². The molecule has 0 saturated carbocycles. The van der Waals surface area contributed by atoms with Crippen molar-refractivity contribution in [3.8, 4) is 0 Å². The van der Waals surface area contributed by atoms with Gasteiger partial charge in [0.1, 0.15) is 5.60 Å². The molecule has 0 spiro atoms. The Morgan fingerprint density at radius 2 is 1.66 bits per heavy atom. The third-order valence-corrected chi connectivity index (χ3v) is 5.85. The molecular formula is C27H32N2O6. The fourth-order valence-electron chi connectivity index (χ4n) is 4.38. The zero-order chi connectivity index (χ0) is 25.4. The summed E-state index contributed by atoms with van der Waals surface area (Å²) in [6.07, 6.45) is 1.89. The first-order valence-corrected chi connectivity index (χ1v) is 11.7. The zero-order valence-electron chi connectivity index (χ0n) is 20.2. The number of ether oxygens (including phenoxy) is 2. The fourth-order valence-corrected chi connectivity index (χ4v) is 4.38. The number of benzene rings is 2. The fraction of sp³-hybridized carbons (Fsp3) is 0.370. The first-order valence-electron chi connectivity index (χ1n) is 11.7. The molecule has 0 heterocycles. The second-order valence-corrected chi connectivity index (χ2v) is 8.20. The highest BCUT2D eigenvalue weighted by atomic mass is 16.5. The minimum absolute atomic E-state index is 0.0629. The highest BCUT2D eigenvalue weighted by Gasteiger charge is 2.42. The maximum atomic E-state index is 13.4. The molecular weight excluding hydrogens is 448 g/mol. The first-order chi connectivity index (χ1) is 16.8. The van der Waals surface area contributed by atoms with Crippen LogP contribution in [0.2, 0.25) is 0 Å². The van der Waals surface area contributed by atoms with E-state index in [1.165, 1.54) is 0 Å². The van der Waals surface area contributed by atoms with Gasteiger partial charge in [-0.3, -0.25) is 19.3 Å². The van der Waals surface area contributed by atoms with Crippen molar-refractivity contribution in [2.75, 3.05) is 44.7 Å². The lowest BCUT2D eigenvalue weighted by Crippen LogP contribution is -2.39. The van der Waals surface area contributed by atoms with Crippen molar-refractivity contribution in [1.82, 2.24) is 4.90 Å². The largest absolute Gasteiger partial charge is 0.465 e. The number of anilines is 1. The number of esters is 2. The molecule has 0 aromatic heterocycles. The van der Waals surface area contributed by atoms with Crippen molar-refractivity contribution in [2.24, 2.45) is 0 Å². The molecule has 8 heteroatoms. The SMILES string of the molecule is C=CCC1(O)c2ccccc2C(=O)c2c(NCCN(CC(=O)OCC)CC(=O)OCC)cccc21. The van der Waals surface area contributed by atoms with Crippen LogP contribution >= 0.6 is 0 Å². The smallest absolute Gasteiger partial charge is 0.320 e. The average Bonchev–Trinajstić information content (AvgIpc) is 2.83. The minimum Gasteiger partial charge on any atom is -0.465 e. The molecule has 35 heavy (non-hydrogen) atoms. The minimum atomic E-state index is -1.38. The third kappa shape index (κ3) is 5.78. The Bertz CT molecular complexity index is 1080. The lowest BCUT2D eigenvalue weighted by atomic mass is 9.72. The van der Waals surface area contributed by atoms with Crippen molar-refractivity contribution < 1.29 is 29.0 Å². The number of fused-ring (bicyclic) bond motifs is 2. The molecule has 0 bridgehead atoms. The highest BCUT2D eigenvalue weighted by molar-refractivity contribution is 6.16. The number of ketones is 1. The zero-order valence-corrected chi connectivity index (χ0v) is 20.2. The molecule has 8 nitrogen and oxygen atoms in total. The van der Waals surface area contributed by atoms with Crippen LogP contribution in [0.4, 0.5) is 5.69 Å². The van der Waals surface area contributed by atoms with E-state index in [4.69, 9.17) is 9.47 Å². The normalized spacial score (nSPS) is 16.3. The summed E-state index contributed by atoms with van der Waals surface area (Å²) in [5.41, 5.74) is 1.11. The van der Waals surface area contributed by atoms with Crippen molar-refractivity contribution in [3.63, 3.8) is 0 Å². The Kier molecular flexibility index (Phi) is 8.78. The van der Waals surface area contributed by atoms with Gasteiger partial charge in [-0.1, -0.05) is 42.5 Å². The summed E-state index contributed by atoms with van der Waals surface area (Å²) in [5.74, 6) is -1.05. The summed E-state index contributed by atoms with van der Waals surface area (Å²) in [7, 11) is 0. The molecule has 2 aromatic rings.